The summed E-state index contributed by atoms with van der Waals surface area (Å²) >= 11 is 0. The summed E-state index contributed by atoms with van der Waals surface area (Å²) < 4.78 is 15.7. The molecular formula is C24H20O9. The Hall–Kier alpha value is -4.53. The Morgan fingerprint density at radius 3 is 1.18 bits per heavy atom. The second-order valence-electron chi connectivity index (χ2n) is 6.86. The van der Waals surface area contributed by atoms with Gasteiger partial charge in [-0.05, 0) is 72.8 Å². The summed E-state index contributed by atoms with van der Waals surface area (Å²) in [6.45, 7) is -0.821. The van der Waals surface area contributed by atoms with Crippen molar-refractivity contribution in [3.63, 3.8) is 0 Å². The molecule has 9 heteroatoms. The van der Waals surface area contributed by atoms with Crippen molar-refractivity contribution in [2.24, 2.45) is 0 Å². The maximum Gasteiger partial charge on any atom is 0.338 e. The van der Waals surface area contributed by atoms with Crippen molar-refractivity contribution in [2.75, 3.05) is 13.2 Å². The zero-order valence-corrected chi connectivity index (χ0v) is 17.2. The molecule has 3 aromatic rings. The number of rotatable bonds is 8. The molecule has 0 unspecified atom stereocenters. The molecule has 0 fully saturated rings. The van der Waals surface area contributed by atoms with Crippen LogP contribution in [0.1, 0.15) is 31.1 Å². The highest BCUT2D eigenvalue weighted by Gasteiger charge is 2.21. The molecule has 0 saturated heterocycles. The van der Waals surface area contributed by atoms with Gasteiger partial charge in [-0.1, -0.05) is 0 Å². The average Bonchev–Trinajstić information content (AvgIpc) is 2.81. The van der Waals surface area contributed by atoms with Gasteiger partial charge in [0, 0.05) is 0 Å². The van der Waals surface area contributed by atoms with Gasteiger partial charge in [0.15, 0.2) is 6.10 Å². The van der Waals surface area contributed by atoms with Crippen LogP contribution in [0.25, 0.3) is 0 Å². The van der Waals surface area contributed by atoms with Gasteiger partial charge in [-0.15, -0.1) is 0 Å². The fraction of sp³-hybridized carbons (Fsp3) is 0.125. The lowest BCUT2D eigenvalue weighted by Crippen LogP contribution is -2.31. The first-order chi connectivity index (χ1) is 15.8. The van der Waals surface area contributed by atoms with E-state index in [1.54, 1.807) is 0 Å². The zero-order chi connectivity index (χ0) is 23.8. The van der Waals surface area contributed by atoms with E-state index >= 15 is 0 Å². The van der Waals surface area contributed by atoms with E-state index in [-0.39, 0.29) is 33.9 Å². The lowest BCUT2D eigenvalue weighted by Gasteiger charge is -2.18. The summed E-state index contributed by atoms with van der Waals surface area (Å²) in [5, 5.41) is 28.0. The lowest BCUT2D eigenvalue weighted by atomic mass is 10.2. The highest BCUT2D eigenvalue weighted by molar-refractivity contribution is 5.91. The van der Waals surface area contributed by atoms with E-state index in [1.165, 1.54) is 72.8 Å². The second kappa shape index (κ2) is 10.7. The summed E-state index contributed by atoms with van der Waals surface area (Å²) in [4.78, 5) is 36.9. The van der Waals surface area contributed by atoms with Gasteiger partial charge in [-0.2, -0.15) is 0 Å². The Balaban J connectivity index is 1.66. The Bertz CT molecular complexity index is 1040. The van der Waals surface area contributed by atoms with Crippen LogP contribution in [-0.4, -0.2) is 52.5 Å². The Morgan fingerprint density at radius 2 is 0.848 bits per heavy atom. The Morgan fingerprint density at radius 1 is 0.545 bits per heavy atom. The van der Waals surface area contributed by atoms with E-state index in [4.69, 9.17) is 14.2 Å². The number of carbonyl (C=O) groups excluding carboxylic acids is 3. The summed E-state index contributed by atoms with van der Waals surface area (Å²) in [5.74, 6) is -2.31. The quantitative estimate of drug-likeness (QED) is 0.347. The van der Waals surface area contributed by atoms with Gasteiger partial charge in [-0.3, -0.25) is 0 Å². The molecule has 0 heterocycles. The second-order valence-corrected chi connectivity index (χ2v) is 6.86. The predicted molar refractivity (Wildman–Crippen MR) is 114 cm³/mol. The first-order valence-corrected chi connectivity index (χ1v) is 9.74. The van der Waals surface area contributed by atoms with E-state index in [1.807, 2.05) is 0 Å². The van der Waals surface area contributed by atoms with Crippen LogP contribution in [0, 0.1) is 0 Å². The van der Waals surface area contributed by atoms with Crippen LogP contribution in [-0.2, 0) is 14.2 Å². The standard InChI is InChI=1S/C24H20O9/c25-18-7-1-15(2-8-18)22(28)31-13-21(33-24(30)17-5-11-20(27)12-6-17)14-32-23(29)16-3-9-19(26)10-4-16/h1-12,21,25-27H,13-14H2. The number of phenolic OH excluding ortho intramolecular Hbond substituents is 3. The molecular weight excluding hydrogens is 432 g/mol. The van der Waals surface area contributed by atoms with E-state index in [0.717, 1.165) is 0 Å². The summed E-state index contributed by atoms with van der Waals surface area (Å²) in [5.41, 5.74) is 0.461. The minimum absolute atomic E-state index is 0.0200. The van der Waals surface area contributed by atoms with Crippen LogP contribution in [0.2, 0.25) is 0 Å². The lowest BCUT2D eigenvalue weighted by molar-refractivity contribution is -0.0253. The summed E-state index contributed by atoms with van der Waals surface area (Å²) in [6.07, 6.45) is -1.13. The van der Waals surface area contributed by atoms with Gasteiger partial charge < -0.3 is 29.5 Å². The van der Waals surface area contributed by atoms with E-state index in [2.05, 4.69) is 0 Å². The zero-order valence-electron chi connectivity index (χ0n) is 17.2. The molecule has 33 heavy (non-hydrogen) atoms. The molecule has 9 nitrogen and oxygen atoms in total. The third-order valence-corrected chi connectivity index (χ3v) is 4.38. The first kappa shape index (κ1) is 23.1. The van der Waals surface area contributed by atoms with Crippen molar-refractivity contribution in [3.8, 4) is 17.2 Å². The molecule has 0 radical (unpaired) electrons. The first-order valence-electron chi connectivity index (χ1n) is 9.74. The maximum absolute atomic E-state index is 12.4. The number of ether oxygens (including phenoxy) is 3. The Labute approximate surface area is 188 Å². The van der Waals surface area contributed by atoms with Gasteiger partial charge in [0.25, 0.3) is 0 Å². The van der Waals surface area contributed by atoms with Crippen LogP contribution in [0.5, 0.6) is 17.2 Å². The van der Waals surface area contributed by atoms with E-state index in [0.29, 0.717) is 0 Å². The topological polar surface area (TPSA) is 140 Å². The maximum atomic E-state index is 12.4. The highest BCUT2D eigenvalue weighted by atomic mass is 16.6. The van der Waals surface area contributed by atoms with Crippen molar-refractivity contribution < 1.29 is 43.9 Å². The minimum Gasteiger partial charge on any atom is -0.508 e. The molecule has 3 aromatic carbocycles. The smallest absolute Gasteiger partial charge is 0.338 e. The van der Waals surface area contributed by atoms with Crippen LogP contribution in [0.3, 0.4) is 0 Å². The van der Waals surface area contributed by atoms with Gasteiger partial charge in [0.1, 0.15) is 30.5 Å². The van der Waals surface area contributed by atoms with E-state index < -0.39 is 37.2 Å². The van der Waals surface area contributed by atoms with E-state index in [9.17, 15) is 29.7 Å². The molecule has 0 atom stereocenters. The average molecular weight is 452 g/mol. The van der Waals surface area contributed by atoms with Crippen LogP contribution in [0.4, 0.5) is 0 Å². The van der Waals surface area contributed by atoms with Crippen LogP contribution < -0.4 is 0 Å². The third-order valence-electron chi connectivity index (χ3n) is 4.38. The molecule has 0 aromatic heterocycles. The number of carbonyl (C=O) groups is 3. The third kappa shape index (κ3) is 6.73. The molecule has 0 aliphatic rings. The minimum atomic E-state index is -1.13. The van der Waals surface area contributed by atoms with Crippen LogP contribution >= 0.6 is 0 Å². The van der Waals surface area contributed by atoms with Gasteiger partial charge >= 0.3 is 17.9 Å². The normalized spacial score (nSPS) is 10.5. The molecule has 3 N–H and O–H groups in total. The predicted octanol–water partition coefficient (Wildman–Crippen LogP) is 3.04. The molecule has 3 rings (SSSR count). The SMILES string of the molecule is O=C(OCC(COC(=O)c1ccc(O)cc1)OC(=O)c1ccc(O)cc1)c1ccc(O)cc1. The number of benzene rings is 3. The van der Waals surface area contributed by atoms with Crippen molar-refractivity contribution in [1.82, 2.24) is 0 Å². The summed E-state index contributed by atoms with van der Waals surface area (Å²) in [7, 11) is 0. The van der Waals surface area contributed by atoms with Crippen LogP contribution in [0.15, 0.2) is 72.8 Å². The fourth-order valence-electron chi connectivity index (χ4n) is 2.63. The molecule has 170 valence electrons. The van der Waals surface area contributed by atoms with Crippen molar-refractivity contribution in [2.45, 2.75) is 6.10 Å². The summed E-state index contributed by atoms with van der Waals surface area (Å²) in [6, 6.07) is 16.0. The number of aromatic hydroxyl groups is 3. The highest BCUT2D eigenvalue weighted by Crippen LogP contribution is 2.15. The molecule has 0 spiro atoms. The van der Waals surface area contributed by atoms with Gasteiger partial charge in [0.2, 0.25) is 0 Å². The largest absolute Gasteiger partial charge is 0.508 e. The fourth-order valence-corrected chi connectivity index (χ4v) is 2.63. The Kier molecular flexibility index (Phi) is 7.48. The number of phenols is 3. The van der Waals surface area contributed by atoms with Crippen molar-refractivity contribution >= 4 is 17.9 Å². The monoisotopic (exact) mass is 452 g/mol. The molecule has 0 aliphatic carbocycles. The van der Waals surface area contributed by atoms with Crippen molar-refractivity contribution in [1.29, 1.82) is 0 Å². The van der Waals surface area contributed by atoms with Gasteiger partial charge in [-0.25, -0.2) is 14.4 Å². The molecule has 0 aliphatic heterocycles. The molecule has 0 amide bonds. The van der Waals surface area contributed by atoms with Crippen molar-refractivity contribution in [3.05, 3.63) is 89.5 Å². The molecule has 0 bridgehead atoms. The molecule has 0 saturated carbocycles. The number of hydrogen-bond donors (Lipinski definition) is 3. The number of esters is 3. The number of hydrogen-bond acceptors (Lipinski definition) is 9. The van der Waals surface area contributed by atoms with Gasteiger partial charge in [0.05, 0.1) is 16.7 Å².